The Balaban J connectivity index is 2.15. The zero-order valence-electron chi connectivity index (χ0n) is 13.9. The van der Waals surface area contributed by atoms with Crippen LogP contribution >= 0.6 is 12.2 Å². The summed E-state index contributed by atoms with van der Waals surface area (Å²) in [6.45, 7) is 7.63. The molecular formula is C17H24N2O2S. The molecule has 5 heteroatoms. The average molecular weight is 320 g/mol. The molecule has 120 valence electrons. The quantitative estimate of drug-likeness (QED) is 0.848. The molecule has 2 aliphatic heterocycles. The SMILES string of the molecule is COc1cc2c(cc1OC)[C@@]1(C)CC(C)(C)NC(=S)N1CC2. The molecule has 22 heavy (non-hydrogen) atoms. The van der Waals surface area contributed by atoms with Crippen LogP contribution in [-0.4, -0.2) is 36.3 Å². The second-order valence-corrected chi connectivity index (χ2v) is 7.42. The number of thiocarbonyl (C=S) groups is 1. The molecule has 1 atom stereocenters. The number of rotatable bonds is 2. The van der Waals surface area contributed by atoms with E-state index in [4.69, 9.17) is 21.7 Å². The van der Waals surface area contributed by atoms with Crippen molar-refractivity contribution in [2.45, 2.75) is 44.7 Å². The van der Waals surface area contributed by atoms with Gasteiger partial charge in [0.15, 0.2) is 16.6 Å². The third-order valence-electron chi connectivity index (χ3n) is 4.87. The third-order valence-corrected chi connectivity index (χ3v) is 5.19. The van der Waals surface area contributed by atoms with Gasteiger partial charge in [-0.15, -0.1) is 0 Å². The number of nitrogens with zero attached hydrogens (tertiary/aromatic N) is 1. The van der Waals surface area contributed by atoms with Gasteiger partial charge in [0.05, 0.1) is 19.8 Å². The molecule has 0 aromatic heterocycles. The summed E-state index contributed by atoms with van der Waals surface area (Å²) in [5.41, 5.74) is 2.49. The average Bonchev–Trinajstić information content (AvgIpc) is 2.43. The summed E-state index contributed by atoms with van der Waals surface area (Å²) in [7, 11) is 3.37. The molecule has 0 radical (unpaired) electrons. The topological polar surface area (TPSA) is 33.7 Å². The Labute approximate surface area is 137 Å². The van der Waals surface area contributed by atoms with E-state index in [2.05, 4.69) is 43.1 Å². The monoisotopic (exact) mass is 320 g/mol. The first-order chi connectivity index (χ1) is 10.3. The number of fused-ring (bicyclic) bond motifs is 3. The van der Waals surface area contributed by atoms with Gasteiger partial charge in [0, 0.05) is 12.1 Å². The van der Waals surface area contributed by atoms with E-state index in [1.54, 1.807) is 14.2 Å². The van der Waals surface area contributed by atoms with Gasteiger partial charge >= 0.3 is 0 Å². The molecule has 2 heterocycles. The van der Waals surface area contributed by atoms with Crippen molar-refractivity contribution in [3.63, 3.8) is 0 Å². The van der Waals surface area contributed by atoms with Crippen molar-refractivity contribution in [2.75, 3.05) is 20.8 Å². The predicted molar refractivity (Wildman–Crippen MR) is 91.7 cm³/mol. The highest BCUT2D eigenvalue weighted by molar-refractivity contribution is 7.80. The van der Waals surface area contributed by atoms with Crippen molar-refractivity contribution < 1.29 is 9.47 Å². The minimum atomic E-state index is -0.112. The number of hydrogen-bond donors (Lipinski definition) is 1. The second-order valence-electron chi connectivity index (χ2n) is 7.03. The Morgan fingerprint density at radius 3 is 2.41 bits per heavy atom. The van der Waals surface area contributed by atoms with Gasteiger partial charge in [0.1, 0.15) is 0 Å². The van der Waals surface area contributed by atoms with Crippen molar-refractivity contribution in [1.82, 2.24) is 10.2 Å². The summed E-state index contributed by atoms with van der Waals surface area (Å²) in [6.07, 6.45) is 1.95. The van der Waals surface area contributed by atoms with Gasteiger partial charge in [0.25, 0.3) is 0 Å². The fourth-order valence-corrected chi connectivity index (χ4v) is 4.60. The fourth-order valence-electron chi connectivity index (χ4n) is 4.03. The number of benzene rings is 1. The van der Waals surface area contributed by atoms with Gasteiger partial charge < -0.3 is 19.7 Å². The van der Waals surface area contributed by atoms with E-state index in [-0.39, 0.29) is 11.1 Å². The smallest absolute Gasteiger partial charge is 0.170 e. The van der Waals surface area contributed by atoms with E-state index in [1.807, 2.05) is 0 Å². The molecular weight excluding hydrogens is 296 g/mol. The van der Waals surface area contributed by atoms with E-state index >= 15 is 0 Å². The molecule has 0 spiro atoms. The second kappa shape index (κ2) is 5.01. The maximum Gasteiger partial charge on any atom is 0.170 e. The summed E-state index contributed by atoms with van der Waals surface area (Å²) < 4.78 is 11.0. The van der Waals surface area contributed by atoms with Gasteiger partial charge in [0.2, 0.25) is 0 Å². The van der Waals surface area contributed by atoms with Crippen LogP contribution in [0.15, 0.2) is 12.1 Å². The van der Waals surface area contributed by atoms with Gasteiger partial charge in [-0.05, 0) is 69.1 Å². The van der Waals surface area contributed by atoms with Crippen LogP contribution in [0.3, 0.4) is 0 Å². The fraction of sp³-hybridized carbons (Fsp3) is 0.588. The van der Waals surface area contributed by atoms with E-state index in [0.717, 1.165) is 36.0 Å². The maximum absolute atomic E-state index is 5.62. The van der Waals surface area contributed by atoms with Gasteiger partial charge in [-0.2, -0.15) is 0 Å². The first-order valence-electron chi connectivity index (χ1n) is 7.66. The number of nitrogens with one attached hydrogen (secondary N) is 1. The summed E-state index contributed by atoms with van der Waals surface area (Å²) >= 11 is 5.62. The molecule has 2 aliphatic rings. The lowest BCUT2D eigenvalue weighted by Crippen LogP contribution is -2.66. The van der Waals surface area contributed by atoms with Crippen molar-refractivity contribution >= 4 is 17.3 Å². The lowest BCUT2D eigenvalue weighted by atomic mass is 9.73. The summed E-state index contributed by atoms with van der Waals surface area (Å²) in [6, 6.07) is 4.25. The molecule has 1 N–H and O–H groups in total. The Bertz CT molecular complexity index is 629. The summed E-state index contributed by atoms with van der Waals surface area (Å²) in [5.74, 6) is 1.58. The van der Waals surface area contributed by atoms with Crippen LogP contribution in [0.25, 0.3) is 0 Å². The minimum Gasteiger partial charge on any atom is -0.493 e. The van der Waals surface area contributed by atoms with Crippen LogP contribution < -0.4 is 14.8 Å². The van der Waals surface area contributed by atoms with E-state index < -0.39 is 0 Å². The Hall–Kier alpha value is -1.49. The highest BCUT2D eigenvalue weighted by Gasteiger charge is 2.48. The summed E-state index contributed by atoms with van der Waals surface area (Å²) in [5, 5.41) is 4.31. The molecule has 1 aromatic rings. The zero-order chi connectivity index (χ0) is 16.1. The van der Waals surface area contributed by atoms with Crippen molar-refractivity contribution in [2.24, 2.45) is 0 Å². The Morgan fingerprint density at radius 2 is 1.77 bits per heavy atom. The van der Waals surface area contributed by atoms with Crippen molar-refractivity contribution in [1.29, 1.82) is 0 Å². The predicted octanol–water partition coefficient (Wildman–Crippen LogP) is 2.83. The Kier molecular flexibility index (Phi) is 3.51. The standard InChI is InChI=1S/C17H24N2O2S/c1-16(2)10-17(3)12-9-14(21-5)13(20-4)8-11(12)6-7-19(17)15(22)18-16/h8-9H,6-7,10H2,1-5H3,(H,18,22)/t17-/m1/s1. The van der Waals surface area contributed by atoms with Crippen LogP contribution in [0.2, 0.25) is 0 Å². The molecule has 0 unspecified atom stereocenters. The molecule has 1 fully saturated rings. The van der Waals surface area contributed by atoms with Crippen LogP contribution in [0, 0.1) is 0 Å². The molecule has 0 aliphatic carbocycles. The molecule has 1 saturated heterocycles. The first-order valence-corrected chi connectivity index (χ1v) is 8.07. The van der Waals surface area contributed by atoms with E-state index in [0.29, 0.717) is 0 Å². The normalized spacial score (nSPS) is 25.9. The minimum absolute atomic E-state index is 0.0237. The van der Waals surface area contributed by atoms with Gasteiger partial charge in [-0.25, -0.2) is 0 Å². The van der Waals surface area contributed by atoms with Crippen LogP contribution in [-0.2, 0) is 12.0 Å². The van der Waals surface area contributed by atoms with Gasteiger partial charge in [-0.3, -0.25) is 0 Å². The molecule has 0 saturated carbocycles. The lowest BCUT2D eigenvalue weighted by molar-refractivity contribution is 0.0970. The van der Waals surface area contributed by atoms with E-state index in [1.165, 1.54) is 11.1 Å². The summed E-state index contributed by atoms with van der Waals surface area (Å²) in [4.78, 5) is 2.32. The van der Waals surface area contributed by atoms with Crippen LogP contribution in [0.1, 0.15) is 38.3 Å². The third kappa shape index (κ3) is 2.22. The highest BCUT2D eigenvalue weighted by Crippen LogP contribution is 2.46. The maximum atomic E-state index is 5.62. The van der Waals surface area contributed by atoms with Crippen molar-refractivity contribution in [3.8, 4) is 11.5 Å². The molecule has 4 nitrogen and oxygen atoms in total. The lowest BCUT2D eigenvalue weighted by Gasteiger charge is -2.55. The van der Waals surface area contributed by atoms with Crippen LogP contribution in [0.4, 0.5) is 0 Å². The number of methoxy groups -OCH3 is 2. The molecule has 0 amide bonds. The highest BCUT2D eigenvalue weighted by atomic mass is 32.1. The molecule has 0 bridgehead atoms. The molecule has 1 aromatic carbocycles. The Morgan fingerprint density at radius 1 is 1.14 bits per heavy atom. The zero-order valence-corrected chi connectivity index (χ0v) is 14.8. The number of ether oxygens (including phenoxy) is 2. The largest absolute Gasteiger partial charge is 0.493 e. The number of hydrogen-bond acceptors (Lipinski definition) is 3. The van der Waals surface area contributed by atoms with Gasteiger partial charge in [-0.1, -0.05) is 0 Å². The van der Waals surface area contributed by atoms with Crippen molar-refractivity contribution in [3.05, 3.63) is 23.3 Å². The molecule has 3 rings (SSSR count). The van der Waals surface area contributed by atoms with E-state index in [9.17, 15) is 0 Å². The first kappa shape index (κ1) is 15.4. The van der Waals surface area contributed by atoms with Crippen LogP contribution in [0.5, 0.6) is 11.5 Å².